The van der Waals surface area contributed by atoms with Gasteiger partial charge in [0.05, 0.1) is 25.4 Å². The summed E-state index contributed by atoms with van der Waals surface area (Å²) in [5, 5.41) is 54.2. The van der Waals surface area contributed by atoms with E-state index in [4.69, 9.17) is 9.47 Å². The Morgan fingerprint density at radius 2 is 0.966 bits per heavy atom. The number of amides is 1. The van der Waals surface area contributed by atoms with Crippen molar-refractivity contribution in [1.29, 1.82) is 0 Å². The van der Waals surface area contributed by atoms with Crippen molar-refractivity contribution in [1.82, 2.24) is 5.32 Å². The standard InChI is InChI=1S/C50H91NO8/c1-3-5-7-9-11-13-15-17-19-21-22-24-26-28-30-32-34-36-38-40-46(54)51-43(42-58-50-49(57)48(56)47(55)45(41-52)59-50)44(53)39-37-35-33-31-29-27-25-23-20-18-16-14-12-10-8-6-4-2/h17,19-20,23,29,31,37,39,43-45,47-50,52-53,55-57H,3-16,18,21-22,24-28,30,32-36,38,40-42H2,1-2H3,(H,51,54)/b19-17-,23-20+,31-29+,39-37+. The highest BCUT2D eigenvalue weighted by molar-refractivity contribution is 5.76. The smallest absolute Gasteiger partial charge is 0.220 e. The van der Waals surface area contributed by atoms with Gasteiger partial charge in [-0.2, -0.15) is 0 Å². The first-order valence-corrected chi connectivity index (χ1v) is 24.4. The van der Waals surface area contributed by atoms with Crippen LogP contribution >= 0.6 is 0 Å². The van der Waals surface area contributed by atoms with E-state index in [0.29, 0.717) is 6.42 Å². The van der Waals surface area contributed by atoms with E-state index in [9.17, 15) is 30.3 Å². The Morgan fingerprint density at radius 1 is 0.559 bits per heavy atom. The van der Waals surface area contributed by atoms with Crippen LogP contribution in [0.4, 0.5) is 0 Å². The summed E-state index contributed by atoms with van der Waals surface area (Å²) in [5.41, 5.74) is 0. The van der Waals surface area contributed by atoms with Gasteiger partial charge in [-0.05, 0) is 70.6 Å². The molecule has 7 unspecified atom stereocenters. The molecule has 1 fully saturated rings. The van der Waals surface area contributed by atoms with Gasteiger partial charge in [-0.1, -0.05) is 178 Å². The first kappa shape index (κ1) is 55.2. The van der Waals surface area contributed by atoms with Crippen LogP contribution in [-0.4, -0.2) is 87.5 Å². The maximum atomic E-state index is 13.0. The van der Waals surface area contributed by atoms with E-state index in [0.717, 1.165) is 51.4 Å². The maximum absolute atomic E-state index is 13.0. The third-order valence-electron chi connectivity index (χ3n) is 11.4. The molecule has 1 heterocycles. The minimum absolute atomic E-state index is 0.194. The lowest BCUT2D eigenvalue weighted by Crippen LogP contribution is -2.60. The number of unbranched alkanes of at least 4 members (excludes halogenated alkanes) is 24. The van der Waals surface area contributed by atoms with Crippen molar-refractivity contribution < 1.29 is 39.8 Å². The molecule has 9 nitrogen and oxygen atoms in total. The number of carbonyl (C=O) groups is 1. The number of nitrogens with one attached hydrogen (secondary N) is 1. The first-order chi connectivity index (χ1) is 28.8. The van der Waals surface area contributed by atoms with Crippen LogP contribution in [0.1, 0.15) is 206 Å². The van der Waals surface area contributed by atoms with Gasteiger partial charge in [0, 0.05) is 6.42 Å². The van der Waals surface area contributed by atoms with E-state index >= 15 is 0 Å². The third kappa shape index (κ3) is 30.8. The average Bonchev–Trinajstić information content (AvgIpc) is 3.23. The Morgan fingerprint density at radius 3 is 1.42 bits per heavy atom. The highest BCUT2D eigenvalue weighted by Gasteiger charge is 2.44. The second-order valence-corrected chi connectivity index (χ2v) is 16.9. The molecular weight excluding hydrogens is 743 g/mol. The van der Waals surface area contributed by atoms with Crippen LogP contribution < -0.4 is 5.32 Å². The minimum Gasteiger partial charge on any atom is -0.394 e. The van der Waals surface area contributed by atoms with Crippen LogP contribution in [0.25, 0.3) is 0 Å². The first-order valence-electron chi connectivity index (χ1n) is 24.4. The molecule has 344 valence electrons. The monoisotopic (exact) mass is 834 g/mol. The largest absolute Gasteiger partial charge is 0.394 e. The van der Waals surface area contributed by atoms with Crippen molar-refractivity contribution in [2.75, 3.05) is 13.2 Å². The Hall–Kier alpha value is -1.85. The molecule has 1 saturated heterocycles. The van der Waals surface area contributed by atoms with Gasteiger partial charge in [0.25, 0.3) is 0 Å². The summed E-state index contributed by atoms with van der Waals surface area (Å²) < 4.78 is 11.2. The molecule has 1 rings (SSSR count). The van der Waals surface area contributed by atoms with E-state index in [1.807, 2.05) is 6.08 Å². The SMILES string of the molecule is CCCCCCCC/C=C\CCCCCCCCCCCC(=O)NC(COC1OC(CO)C(O)C(O)C1O)C(O)/C=C/CC/C=C/CC/C=C/CCCCCCCCC. The van der Waals surface area contributed by atoms with Crippen LogP contribution in [0.3, 0.4) is 0 Å². The van der Waals surface area contributed by atoms with Gasteiger partial charge in [0.1, 0.15) is 24.4 Å². The van der Waals surface area contributed by atoms with Gasteiger partial charge in [-0.15, -0.1) is 0 Å². The van der Waals surface area contributed by atoms with Gasteiger partial charge < -0.3 is 40.3 Å². The summed E-state index contributed by atoms with van der Waals surface area (Å²) >= 11 is 0. The van der Waals surface area contributed by atoms with Crippen molar-refractivity contribution in [2.24, 2.45) is 0 Å². The van der Waals surface area contributed by atoms with Gasteiger partial charge in [0.2, 0.25) is 5.91 Å². The number of aliphatic hydroxyl groups is 5. The summed E-state index contributed by atoms with van der Waals surface area (Å²) in [4.78, 5) is 13.0. The van der Waals surface area contributed by atoms with Crippen molar-refractivity contribution in [3.05, 3.63) is 48.6 Å². The summed E-state index contributed by atoms with van der Waals surface area (Å²) in [6, 6.07) is -0.828. The Labute approximate surface area is 361 Å². The highest BCUT2D eigenvalue weighted by Crippen LogP contribution is 2.22. The van der Waals surface area contributed by atoms with Crippen molar-refractivity contribution in [3.63, 3.8) is 0 Å². The molecule has 0 saturated carbocycles. The molecule has 7 atom stereocenters. The summed E-state index contributed by atoms with van der Waals surface area (Å²) in [6.45, 7) is 3.74. The van der Waals surface area contributed by atoms with Gasteiger partial charge >= 0.3 is 0 Å². The molecule has 1 amide bonds. The Kier molecular flexibility index (Phi) is 37.6. The lowest BCUT2D eigenvalue weighted by molar-refractivity contribution is -0.302. The molecule has 1 aliphatic heterocycles. The number of aliphatic hydroxyl groups excluding tert-OH is 5. The van der Waals surface area contributed by atoms with Crippen molar-refractivity contribution in [3.8, 4) is 0 Å². The number of hydrogen-bond acceptors (Lipinski definition) is 8. The van der Waals surface area contributed by atoms with Crippen molar-refractivity contribution >= 4 is 5.91 Å². The normalized spacial score (nSPS) is 21.1. The van der Waals surface area contributed by atoms with E-state index in [-0.39, 0.29) is 12.5 Å². The zero-order chi connectivity index (χ0) is 43.0. The summed E-state index contributed by atoms with van der Waals surface area (Å²) in [6.07, 6.45) is 44.4. The number of carbonyl (C=O) groups excluding carboxylic acids is 1. The topological polar surface area (TPSA) is 149 Å². The molecule has 1 aliphatic rings. The van der Waals surface area contributed by atoms with E-state index < -0.39 is 49.5 Å². The van der Waals surface area contributed by atoms with Crippen LogP contribution in [0.15, 0.2) is 48.6 Å². The van der Waals surface area contributed by atoms with E-state index in [2.05, 4.69) is 55.6 Å². The summed E-state index contributed by atoms with van der Waals surface area (Å²) in [5.74, 6) is -0.194. The zero-order valence-corrected chi connectivity index (χ0v) is 37.7. The van der Waals surface area contributed by atoms with Gasteiger partial charge in [0.15, 0.2) is 6.29 Å². The molecule has 0 radical (unpaired) electrons. The molecule has 0 aromatic carbocycles. The predicted molar refractivity (Wildman–Crippen MR) is 244 cm³/mol. The van der Waals surface area contributed by atoms with Crippen LogP contribution in [-0.2, 0) is 14.3 Å². The molecule has 9 heteroatoms. The molecular formula is C50H91NO8. The lowest BCUT2D eigenvalue weighted by atomic mass is 9.99. The van der Waals surface area contributed by atoms with Crippen LogP contribution in [0.2, 0.25) is 0 Å². The number of allylic oxidation sites excluding steroid dienone is 7. The number of ether oxygens (including phenoxy) is 2. The number of hydrogen-bond donors (Lipinski definition) is 6. The average molecular weight is 834 g/mol. The molecule has 0 aromatic heterocycles. The highest BCUT2D eigenvalue weighted by atomic mass is 16.7. The maximum Gasteiger partial charge on any atom is 0.220 e. The Balaban J connectivity index is 2.36. The molecule has 0 aliphatic carbocycles. The van der Waals surface area contributed by atoms with Gasteiger partial charge in [-0.25, -0.2) is 0 Å². The zero-order valence-electron chi connectivity index (χ0n) is 37.7. The van der Waals surface area contributed by atoms with Crippen LogP contribution in [0, 0.1) is 0 Å². The fraction of sp³-hybridized carbons (Fsp3) is 0.820. The van der Waals surface area contributed by atoms with Crippen LogP contribution in [0.5, 0.6) is 0 Å². The number of rotatable bonds is 40. The van der Waals surface area contributed by atoms with Crippen molar-refractivity contribution in [2.45, 2.75) is 249 Å². The molecule has 0 bridgehead atoms. The molecule has 59 heavy (non-hydrogen) atoms. The predicted octanol–water partition coefficient (Wildman–Crippen LogP) is 10.6. The lowest BCUT2D eigenvalue weighted by Gasteiger charge is -2.40. The second kappa shape index (κ2) is 40.2. The minimum atomic E-state index is -1.57. The second-order valence-electron chi connectivity index (χ2n) is 16.9. The van der Waals surface area contributed by atoms with Gasteiger partial charge in [-0.3, -0.25) is 4.79 Å². The fourth-order valence-electron chi connectivity index (χ4n) is 7.42. The molecule has 0 spiro atoms. The third-order valence-corrected chi connectivity index (χ3v) is 11.4. The fourth-order valence-corrected chi connectivity index (χ4v) is 7.42. The Bertz CT molecular complexity index is 1060. The molecule has 6 N–H and O–H groups in total. The van der Waals surface area contributed by atoms with E-state index in [1.165, 1.54) is 135 Å². The van der Waals surface area contributed by atoms with E-state index in [1.54, 1.807) is 6.08 Å². The quantitative estimate of drug-likeness (QED) is 0.0264. The molecule has 0 aromatic rings. The summed E-state index contributed by atoms with van der Waals surface area (Å²) in [7, 11) is 0.